The largest absolute Gasteiger partial charge is 0.320 e. The molecule has 3 rings (SSSR count). The fourth-order valence-electron chi connectivity index (χ4n) is 4.01. The lowest BCUT2D eigenvalue weighted by Crippen LogP contribution is -2.54. The van der Waals surface area contributed by atoms with Crippen LogP contribution in [0.2, 0.25) is 5.02 Å². The number of halogens is 1. The van der Waals surface area contributed by atoms with Crippen LogP contribution in [0.5, 0.6) is 0 Å². The van der Waals surface area contributed by atoms with Gasteiger partial charge in [-0.2, -0.15) is 0 Å². The first-order valence-corrected chi connectivity index (χ1v) is 9.53. The quantitative estimate of drug-likeness (QED) is 0.887. The van der Waals surface area contributed by atoms with Crippen molar-refractivity contribution in [1.29, 1.82) is 0 Å². The van der Waals surface area contributed by atoms with E-state index >= 15 is 0 Å². The van der Waals surface area contributed by atoms with Crippen LogP contribution < -0.4 is 10.2 Å². The van der Waals surface area contributed by atoms with E-state index in [0.29, 0.717) is 5.02 Å². The first kappa shape index (κ1) is 17.7. The third-order valence-electron chi connectivity index (χ3n) is 5.45. The number of nitrogens with one attached hydrogen (secondary N) is 1. The Hall–Kier alpha value is -1.10. The van der Waals surface area contributed by atoms with Crippen molar-refractivity contribution in [1.82, 2.24) is 10.2 Å². The number of likely N-dealkylation sites (tertiary alicyclic amines) is 1. The fourth-order valence-corrected chi connectivity index (χ4v) is 4.24. The van der Waals surface area contributed by atoms with E-state index in [0.717, 1.165) is 50.6 Å². The first-order valence-electron chi connectivity index (χ1n) is 9.15. The second-order valence-corrected chi connectivity index (χ2v) is 7.38. The summed E-state index contributed by atoms with van der Waals surface area (Å²) in [7, 11) is 2.01. The summed E-state index contributed by atoms with van der Waals surface area (Å²) in [6.07, 6.45) is 5.67. The number of amides is 1. The van der Waals surface area contributed by atoms with Crippen LogP contribution in [-0.4, -0.2) is 50.1 Å². The van der Waals surface area contributed by atoms with Gasteiger partial charge in [-0.1, -0.05) is 23.7 Å². The Kier molecular flexibility index (Phi) is 6.14. The van der Waals surface area contributed by atoms with Gasteiger partial charge in [0.1, 0.15) is 0 Å². The molecule has 1 N–H and O–H groups in total. The summed E-state index contributed by atoms with van der Waals surface area (Å²) in [4.78, 5) is 17.3. The molecule has 4 nitrogen and oxygen atoms in total. The molecule has 0 bridgehead atoms. The minimum atomic E-state index is 0.0280. The summed E-state index contributed by atoms with van der Waals surface area (Å²) in [5.41, 5.74) is 0.859. The Labute approximate surface area is 150 Å². The maximum atomic E-state index is 13.0. The SMILES string of the molecule is CNCCC1CCN(C2CCCN(c3ccccc3Cl)C2=O)CC1. The maximum Gasteiger partial charge on any atom is 0.244 e. The molecule has 0 aromatic heterocycles. The Morgan fingerprint density at radius 3 is 2.62 bits per heavy atom. The molecule has 1 aromatic rings. The van der Waals surface area contributed by atoms with E-state index in [4.69, 9.17) is 11.6 Å². The molecule has 5 heteroatoms. The normalized spacial score (nSPS) is 23.7. The van der Waals surface area contributed by atoms with Crippen molar-refractivity contribution in [2.24, 2.45) is 5.92 Å². The van der Waals surface area contributed by atoms with Crippen molar-refractivity contribution in [2.45, 2.75) is 38.1 Å². The number of piperidine rings is 2. The zero-order chi connectivity index (χ0) is 16.9. The number of para-hydroxylation sites is 1. The van der Waals surface area contributed by atoms with E-state index in [1.54, 1.807) is 0 Å². The molecule has 1 unspecified atom stereocenters. The average Bonchev–Trinajstić information content (AvgIpc) is 2.61. The van der Waals surface area contributed by atoms with Crippen LogP contribution in [-0.2, 0) is 4.79 Å². The average molecular weight is 350 g/mol. The number of carbonyl (C=O) groups excluding carboxylic acids is 1. The monoisotopic (exact) mass is 349 g/mol. The molecule has 2 saturated heterocycles. The van der Waals surface area contributed by atoms with E-state index in [9.17, 15) is 4.79 Å². The number of benzene rings is 1. The molecule has 132 valence electrons. The lowest BCUT2D eigenvalue weighted by Gasteiger charge is -2.41. The predicted molar refractivity (Wildman–Crippen MR) is 99.7 cm³/mol. The highest BCUT2D eigenvalue weighted by Crippen LogP contribution is 2.31. The van der Waals surface area contributed by atoms with Gasteiger partial charge in [-0.15, -0.1) is 0 Å². The summed E-state index contributed by atoms with van der Waals surface area (Å²) in [5.74, 6) is 1.02. The summed E-state index contributed by atoms with van der Waals surface area (Å²) in [5, 5.41) is 3.90. The van der Waals surface area contributed by atoms with Gasteiger partial charge in [0.2, 0.25) is 5.91 Å². The van der Waals surface area contributed by atoms with Crippen molar-refractivity contribution in [3.05, 3.63) is 29.3 Å². The van der Waals surface area contributed by atoms with Crippen LogP contribution in [0.3, 0.4) is 0 Å². The number of hydrogen-bond acceptors (Lipinski definition) is 3. The van der Waals surface area contributed by atoms with Crippen LogP contribution in [0.25, 0.3) is 0 Å². The highest BCUT2D eigenvalue weighted by molar-refractivity contribution is 6.33. The fraction of sp³-hybridized carbons (Fsp3) is 0.632. The Morgan fingerprint density at radius 1 is 1.17 bits per heavy atom. The molecule has 0 aliphatic carbocycles. The molecule has 24 heavy (non-hydrogen) atoms. The second kappa shape index (κ2) is 8.32. The molecule has 1 aromatic carbocycles. The second-order valence-electron chi connectivity index (χ2n) is 6.97. The summed E-state index contributed by atoms with van der Waals surface area (Å²) < 4.78 is 0. The van der Waals surface area contributed by atoms with E-state index in [2.05, 4.69) is 10.2 Å². The van der Waals surface area contributed by atoms with Crippen LogP contribution in [0.15, 0.2) is 24.3 Å². The van der Waals surface area contributed by atoms with Gasteiger partial charge in [-0.25, -0.2) is 0 Å². The van der Waals surface area contributed by atoms with Gasteiger partial charge in [0.15, 0.2) is 0 Å². The standard InChI is InChI=1S/C19H28ClN3O/c1-21-11-8-15-9-13-22(14-10-15)18-7-4-12-23(19(18)24)17-6-3-2-5-16(17)20/h2-3,5-6,15,18,21H,4,7-14H2,1H3. The number of rotatable bonds is 5. The van der Waals surface area contributed by atoms with E-state index in [1.165, 1.54) is 19.3 Å². The zero-order valence-corrected chi connectivity index (χ0v) is 15.3. The lowest BCUT2D eigenvalue weighted by molar-refractivity contribution is -0.126. The van der Waals surface area contributed by atoms with Crippen molar-refractivity contribution >= 4 is 23.2 Å². The third-order valence-corrected chi connectivity index (χ3v) is 5.77. The van der Waals surface area contributed by atoms with Gasteiger partial charge >= 0.3 is 0 Å². The van der Waals surface area contributed by atoms with Gasteiger partial charge in [-0.3, -0.25) is 9.69 Å². The summed E-state index contributed by atoms with van der Waals surface area (Å²) in [6, 6.07) is 7.70. The molecule has 0 spiro atoms. The molecular formula is C19H28ClN3O. The molecule has 2 aliphatic rings. The topological polar surface area (TPSA) is 35.6 Å². The van der Waals surface area contributed by atoms with Crippen molar-refractivity contribution in [2.75, 3.05) is 38.1 Å². The Morgan fingerprint density at radius 2 is 1.92 bits per heavy atom. The smallest absolute Gasteiger partial charge is 0.244 e. The van der Waals surface area contributed by atoms with Crippen LogP contribution >= 0.6 is 11.6 Å². The van der Waals surface area contributed by atoms with Crippen LogP contribution in [0, 0.1) is 5.92 Å². The van der Waals surface area contributed by atoms with Gasteiger partial charge in [0, 0.05) is 6.54 Å². The van der Waals surface area contributed by atoms with Gasteiger partial charge in [0.25, 0.3) is 0 Å². The third kappa shape index (κ3) is 3.93. The number of hydrogen-bond donors (Lipinski definition) is 1. The molecule has 2 fully saturated rings. The number of nitrogens with zero attached hydrogens (tertiary/aromatic N) is 2. The van der Waals surface area contributed by atoms with Crippen molar-refractivity contribution in [3.63, 3.8) is 0 Å². The van der Waals surface area contributed by atoms with Crippen LogP contribution in [0.4, 0.5) is 5.69 Å². The number of anilines is 1. The predicted octanol–water partition coefficient (Wildman–Crippen LogP) is 3.16. The van der Waals surface area contributed by atoms with Crippen molar-refractivity contribution in [3.8, 4) is 0 Å². The van der Waals surface area contributed by atoms with E-state index in [1.807, 2.05) is 36.2 Å². The lowest BCUT2D eigenvalue weighted by atomic mass is 9.91. The molecular weight excluding hydrogens is 322 g/mol. The molecule has 1 amide bonds. The number of carbonyl (C=O) groups is 1. The van der Waals surface area contributed by atoms with Crippen LogP contribution in [0.1, 0.15) is 32.1 Å². The summed E-state index contributed by atoms with van der Waals surface area (Å²) in [6.45, 7) is 3.95. The molecule has 0 radical (unpaired) electrons. The van der Waals surface area contributed by atoms with E-state index in [-0.39, 0.29) is 11.9 Å². The van der Waals surface area contributed by atoms with Crippen molar-refractivity contribution < 1.29 is 4.79 Å². The highest BCUT2D eigenvalue weighted by Gasteiger charge is 2.36. The molecule has 2 heterocycles. The first-order chi connectivity index (χ1) is 11.7. The maximum absolute atomic E-state index is 13.0. The molecule has 2 aliphatic heterocycles. The molecule has 1 atom stereocenters. The summed E-state index contributed by atoms with van der Waals surface area (Å²) >= 11 is 6.31. The minimum absolute atomic E-state index is 0.0280. The van der Waals surface area contributed by atoms with Gasteiger partial charge in [-0.05, 0) is 76.8 Å². The molecule has 0 saturated carbocycles. The Balaban J connectivity index is 1.63. The van der Waals surface area contributed by atoms with Gasteiger partial charge in [0.05, 0.1) is 16.8 Å². The minimum Gasteiger partial charge on any atom is -0.320 e. The zero-order valence-electron chi connectivity index (χ0n) is 14.5. The Bertz CT molecular complexity index is 557. The van der Waals surface area contributed by atoms with Gasteiger partial charge < -0.3 is 10.2 Å². The van der Waals surface area contributed by atoms with E-state index < -0.39 is 0 Å². The highest BCUT2D eigenvalue weighted by atomic mass is 35.5.